The molecule has 6 nitrogen and oxygen atoms in total. The van der Waals surface area contributed by atoms with Gasteiger partial charge < -0.3 is 15.0 Å². The summed E-state index contributed by atoms with van der Waals surface area (Å²) >= 11 is 3.10. The van der Waals surface area contributed by atoms with Crippen LogP contribution in [0.5, 0.6) is 5.75 Å². The quantitative estimate of drug-likeness (QED) is 0.392. The number of benzene rings is 2. The molecule has 0 radical (unpaired) electrons. The Morgan fingerprint density at radius 1 is 1.20 bits per heavy atom. The van der Waals surface area contributed by atoms with Crippen molar-refractivity contribution < 1.29 is 9.53 Å². The minimum absolute atomic E-state index is 0.0523. The van der Waals surface area contributed by atoms with Crippen molar-refractivity contribution in [2.75, 3.05) is 12.4 Å². The van der Waals surface area contributed by atoms with Crippen molar-refractivity contribution in [3.05, 3.63) is 63.6 Å². The van der Waals surface area contributed by atoms with Gasteiger partial charge in [0.15, 0.2) is 5.16 Å². The standard InChI is InChI=1S/C22H22N4O2S2/c1-13-4-5-14(2)18(8-13)24-20(27)10-21-23-15(11-29-21)12-30-22-25-17-7-6-16(28-3)9-19(17)26-22/h4-9,11H,10,12H2,1-3H3,(H,24,27)(H,25,26). The van der Waals surface area contributed by atoms with Crippen molar-refractivity contribution in [3.63, 3.8) is 0 Å². The number of aromatic amines is 1. The molecule has 0 aliphatic heterocycles. The van der Waals surface area contributed by atoms with E-state index < -0.39 is 0 Å². The lowest BCUT2D eigenvalue weighted by Crippen LogP contribution is -2.15. The molecule has 0 aliphatic rings. The fraction of sp³-hybridized carbons (Fsp3) is 0.227. The number of fused-ring (bicyclic) bond motifs is 1. The van der Waals surface area contributed by atoms with Gasteiger partial charge in [0, 0.05) is 22.9 Å². The number of aromatic nitrogens is 3. The Balaban J connectivity index is 1.35. The number of anilines is 1. The van der Waals surface area contributed by atoms with Crippen LogP contribution in [0, 0.1) is 13.8 Å². The van der Waals surface area contributed by atoms with E-state index in [1.807, 2.05) is 55.6 Å². The average molecular weight is 439 g/mol. The SMILES string of the molecule is COc1ccc2nc(SCc3csc(CC(=O)Nc4cc(C)ccc4C)n3)[nH]c2c1. The van der Waals surface area contributed by atoms with Gasteiger partial charge in [0.05, 0.1) is 30.3 Å². The molecule has 0 bridgehead atoms. The maximum atomic E-state index is 12.4. The van der Waals surface area contributed by atoms with Crippen molar-refractivity contribution in [1.29, 1.82) is 0 Å². The first-order valence-electron chi connectivity index (χ1n) is 9.47. The summed E-state index contributed by atoms with van der Waals surface area (Å²) in [4.78, 5) is 24.9. The van der Waals surface area contributed by atoms with Crippen LogP contribution in [0.15, 0.2) is 46.9 Å². The van der Waals surface area contributed by atoms with E-state index in [0.717, 1.165) is 49.5 Å². The summed E-state index contributed by atoms with van der Waals surface area (Å²) in [7, 11) is 1.65. The Kier molecular flexibility index (Phi) is 6.06. The number of ether oxygens (including phenoxy) is 1. The van der Waals surface area contributed by atoms with Crippen LogP contribution in [0.1, 0.15) is 21.8 Å². The highest BCUT2D eigenvalue weighted by Crippen LogP contribution is 2.26. The van der Waals surface area contributed by atoms with Crippen LogP contribution in [-0.2, 0) is 17.0 Å². The lowest BCUT2D eigenvalue weighted by molar-refractivity contribution is -0.115. The zero-order valence-corrected chi connectivity index (χ0v) is 18.6. The van der Waals surface area contributed by atoms with Crippen molar-refractivity contribution in [3.8, 4) is 5.75 Å². The summed E-state index contributed by atoms with van der Waals surface area (Å²) in [6.07, 6.45) is 0.271. The second-order valence-electron chi connectivity index (χ2n) is 6.99. The number of imidazole rings is 1. The Bertz CT molecular complexity index is 1200. The molecular weight excluding hydrogens is 416 g/mol. The van der Waals surface area contributed by atoms with E-state index in [1.54, 1.807) is 18.9 Å². The fourth-order valence-corrected chi connectivity index (χ4v) is 4.68. The molecule has 0 atom stereocenters. The van der Waals surface area contributed by atoms with Gasteiger partial charge in [-0.25, -0.2) is 9.97 Å². The molecule has 30 heavy (non-hydrogen) atoms. The van der Waals surface area contributed by atoms with Crippen LogP contribution >= 0.6 is 23.1 Å². The molecule has 2 heterocycles. The van der Waals surface area contributed by atoms with E-state index in [1.165, 1.54) is 11.3 Å². The fourth-order valence-electron chi connectivity index (χ4n) is 3.00. The van der Waals surface area contributed by atoms with E-state index in [0.29, 0.717) is 5.75 Å². The zero-order valence-electron chi connectivity index (χ0n) is 17.0. The lowest BCUT2D eigenvalue weighted by Gasteiger charge is -2.08. The monoisotopic (exact) mass is 438 g/mol. The second-order valence-corrected chi connectivity index (χ2v) is 8.90. The minimum atomic E-state index is -0.0523. The molecule has 0 saturated carbocycles. The van der Waals surface area contributed by atoms with Crippen molar-refractivity contribution in [1.82, 2.24) is 15.0 Å². The molecule has 0 saturated heterocycles. The molecule has 0 aliphatic carbocycles. The van der Waals surface area contributed by atoms with Gasteiger partial charge in [-0.3, -0.25) is 4.79 Å². The molecule has 0 unspecified atom stereocenters. The van der Waals surface area contributed by atoms with E-state index >= 15 is 0 Å². The lowest BCUT2D eigenvalue weighted by atomic mass is 10.1. The van der Waals surface area contributed by atoms with Crippen molar-refractivity contribution in [2.45, 2.75) is 31.2 Å². The van der Waals surface area contributed by atoms with Gasteiger partial charge in [-0.05, 0) is 43.2 Å². The van der Waals surface area contributed by atoms with Gasteiger partial charge in [0.2, 0.25) is 5.91 Å². The number of thiazole rings is 1. The highest BCUT2D eigenvalue weighted by Gasteiger charge is 2.11. The number of carbonyl (C=O) groups is 1. The first kappa shape index (κ1) is 20.4. The number of H-pyrrole nitrogens is 1. The van der Waals surface area contributed by atoms with Gasteiger partial charge >= 0.3 is 0 Å². The first-order chi connectivity index (χ1) is 14.5. The maximum absolute atomic E-state index is 12.4. The van der Waals surface area contributed by atoms with E-state index in [-0.39, 0.29) is 12.3 Å². The number of nitrogens with zero attached hydrogens (tertiary/aromatic N) is 2. The predicted molar refractivity (Wildman–Crippen MR) is 123 cm³/mol. The number of nitrogens with one attached hydrogen (secondary N) is 2. The van der Waals surface area contributed by atoms with Crippen LogP contribution in [0.3, 0.4) is 0 Å². The molecule has 0 spiro atoms. The van der Waals surface area contributed by atoms with Crippen LogP contribution in [-0.4, -0.2) is 28.0 Å². The molecule has 1 amide bonds. The summed E-state index contributed by atoms with van der Waals surface area (Å²) < 4.78 is 5.25. The number of carbonyl (C=O) groups excluding carboxylic acids is 1. The van der Waals surface area contributed by atoms with Crippen molar-refractivity contribution in [2.24, 2.45) is 0 Å². The van der Waals surface area contributed by atoms with Crippen LogP contribution < -0.4 is 10.1 Å². The second kappa shape index (κ2) is 8.89. The minimum Gasteiger partial charge on any atom is -0.497 e. The molecule has 4 aromatic rings. The molecule has 4 rings (SSSR count). The normalized spacial score (nSPS) is 11.0. The number of amides is 1. The molecular formula is C22H22N4O2S2. The third kappa shape index (κ3) is 4.83. The molecule has 2 N–H and O–H groups in total. The Hall–Kier alpha value is -2.84. The third-order valence-corrected chi connectivity index (χ3v) is 6.41. The van der Waals surface area contributed by atoms with E-state index in [2.05, 4.69) is 20.3 Å². The van der Waals surface area contributed by atoms with Gasteiger partial charge in [-0.15, -0.1) is 11.3 Å². The summed E-state index contributed by atoms with van der Waals surface area (Å²) in [6.45, 7) is 4.00. The Morgan fingerprint density at radius 3 is 2.90 bits per heavy atom. The van der Waals surface area contributed by atoms with Gasteiger partial charge in [0.25, 0.3) is 0 Å². The van der Waals surface area contributed by atoms with Crippen molar-refractivity contribution >= 4 is 45.7 Å². The van der Waals surface area contributed by atoms with Gasteiger partial charge in [-0.1, -0.05) is 23.9 Å². The van der Waals surface area contributed by atoms with Gasteiger partial charge in [0.1, 0.15) is 10.8 Å². The Morgan fingerprint density at radius 2 is 2.07 bits per heavy atom. The van der Waals surface area contributed by atoms with Gasteiger partial charge in [-0.2, -0.15) is 0 Å². The Labute approximate surface area is 183 Å². The summed E-state index contributed by atoms with van der Waals surface area (Å²) in [5.74, 6) is 1.43. The smallest absolute Gasteiger partial charge is 0.231 e. The van der Waals surface area contributed by atoms with Crippen LogP contribution in [0.2, 0.25) is 0 Å². The largest absolute Gasteiger partial charge is 0.497 e. The molecule has 154 valence electrons. The molecule has 2 aromatic carbocycles. The number of hydrogen-bond acceptors (Lipinski definition) is 6. The average Bonchev–Trinajstić information content (AvgIpc) is 3.34. The topological polar surface area (TPSA) is 79.9 Å². The summed E-state index contributed by atoms with van der Waals surface area (Å²) in [5.41, 5.74) is 5.81. The van der Waals surface area contributed by atoms with Crippen LogP contribution in [0.25, 0.3) is 11.0 Å². The summed E-state index contributed by atoms with van der Waals surface area (Å²) in [6, 6.07) is 11.8. The number of hydrogen-bond donors (Lipinski definition) is 2. The molecule has 2 aromatic heterocycles. The third-order valence-electron chi connectivity index (χ3n) is 4.60. The number of methoxy groups -OCH3 is 1. The first-order valence-corrected chi connectivity index (χ1v) is 11.3. The molecule has 8 heteroatoms. The van der Waals surface area contributed by atoms with E-state index in [4.69, 9.17) is 4.74 Å². The summed E-state index contributed by atoms with van der Waals surface area (Å²) in [5, 5.41) is 6.63. The number of aryl methyl sites for hydroxylation is 2. The zero-order chi connectivity index (χ0) is 21.1. The molecule has 0 fully saturated rings. The highest BCUT2D eigenvalue weighted by molar-refractivity contribution is 7.98. The maximum Gasteiger partial charge on any atom is 0.231 e. The number of rotatable bonds is 7. The van der Waals surface area contributed by atoms with Crippen LogP contribution in [0.4, 0.5) is 5.69 Å². The van der Waals surface area contributed by atoms with E-state index in [9.17, 15) is 4.79 Å². The predicted octanol–water partition coefficient (Wildman–Crippen LogP) is 5.12. The highest BCUT2D eigenvalue weighted by atomic mass is 32.2. The number of thioether (sulfide) groups is 1.